The molecule has 0 unspecified atom stereocenters. The first-order valence-corrected chi connectivity index (χ1v) is 5.44. The van der Waals surface area contributed by atoms with Crippen LogP contribution in [-0.4, -0.2) is 17.1 Å². The minimum absolute atomic E-state index is 0.628. The van der Waals surface area contributed by atoms with Crippen LogP contribution < -0.4 is 10.1 Å². The third kappa shape index (κ3) is 2.93. The number of hydrogen-bond donors (Lipinski definition) is 1. The molecule has 2 rings (SSSR count). The minimum atomic E-state index is 0.628. The fourth-order valence-electron chi connectivity index (χ4n) is 1.49. The van der Waals surface area contributed by atoms with Gasteiger partial charge in [0.05, 0.1) is 7.11 Å². The quantitative estimate of drug-likeness (QED) is 0.874. The summed E-state index contributed by atoms with van der Waals surface area (Å²) in [6.07, 6.45) is 3.58. The summed E-state index contributed by atoms with van der Waals surface area (Å²) in [6, 6.07) is 7.79. The number of nitrogens with one attached hydrogen (secondary N) is 1. The van der Waals surface area contributed by atoms with Crippen molar-refractivity contribution in [2.45, 2.75) is 13.5 Å². The van der Waals surface area contributed by atoms with E-state index in [2.05, 4.69) is 15.3 Å². The molecule has 0 spiro atoms. The maximum atomic E-state index is 5.01. The summed E-state index contributed by atoms with van der Waals surface area (Å²) in [5, 5.41) is 3.27. The number of nitrogens with zero attached hydrogens (tertiary/aromatic N) is 2. The molecule has 0 aromatic carbocycles. The third-order valence-electron chi connectivity index (χ3n) is 2.48. The lowest BCUT2D eigenvalue weighted by Gasteiger charge is -2.08. The Morgan fingerprint density at radius 2 is 2.12 bits per heavy atom. The topological polar surface area (TPSA) is 47.0 Å². The molecular weight excluding hydrogens is 214 g/mol. The van der Waals surface area contributed by atoms with E-state index in [0.29, 0.717) is 12.4 Å². The number of pyridine rings is 2. The van der Waals surface area contributed by atoms with Gasteiger partial charge in [0.25, 0.3) is 0 Å². The van der Waals surface area contributed by atoms with Gasteiger partial charge in [0.15, 0.2) is 0 Å². The number of aromatic nitrogens is 2. The molecule has 2 aromatic heterocycles. The molecule has 0 aliphatic carbocycles. The molecule has 0 bridgehead atoms. The zero-order chi connectivity index (χ0) is 12.1. The minimum Gasteiger partial charge on any atom is -0.481 e. The lowest BCUT2D eigenvalue weighted by molar-refractivity contribution is 0.397. The maximum absolute atomic E-state index is 5.01. The third-order valence-corrected chi connectivity index (χ3v) is 2.48. The lowest BCUT2D eigenvalue weighted by Crippen LogP contribution is -2.03. The van der Waals surface area contributed by atoms with E-state index in [9.17, 15) is 0 Å². The summed E-state index contributed by atoms with van der Waals surface area (Å²) >= 11 is 0. The molecular formula is C13H15N3O. The summed E-state index contributed by atoms with van der Waals surface area (Å²) in [5.41, 5.74) is 2.23. The maximum Gasteiger partial charge on any atom is 0.212 e. The average Bonchev–Trinajstić information content (AvgIpc) is 2.38. The number of anilines is 1. The van der Waals surface area contributed by atoms with Crippen LogP contribution in [0.1, 0.15) is 11.1 Å². The van der Waals surface area contributed by atoms with E-state index in [0.717, 1.165) is 16.9 Å². The first-order valence-electron chi connectivity index (χ1n) is 5.44. The second-order valence-electron chi connectivity index (χ2n) is 3.73. The summed E-state index contributed by atoms with van der Waals surface area (Å²) < 4.78 is 5.01. The highest BCUT2D eigenvalue weighted by Crippen LogP contribution is 2.12. The van der Waals surface area contributed by atoms with Gasteiger partial charge in [-0.3, -0.25) is 0 Å². The molecule has 0 saturated carbocycles. The predicted octanol–water partition coefficient (Wildman–Crippen LogP) is 2.41. The number of rotatable bonds is 4. The van der Waals surface area contributed by atoms with E-state index < -0.39 is 0 Å². The number of ether oxygens (including phenoxy) is 1. The molecule has 4 heteroatoms. The Labute approximate surface area is 101 Å². The van der Waals surface area contributed by atoms with Crippen molar-refractivity contribution in [2.24, 2.45) is 0 Å². The second kappa shape index (κ2) is 5.30. The van der Waals surface area contributed by atoms with Crippen LogP contribution >= 0.6 is 0 Å². The number of aryl methyl sites for hydroxylation is 1. The van der Waals surface area contributed by atoms with Crippen molar-refractivity contribution in [1.29, 1.82) is 0 Å². The SMILES string of the molecule is COc1ccc(CNc2ncccc2C)cn1. The summed E-state index contributed by atoms with van der Waals surface area (Å²) in [7, 11) is 1.61. The van der Waals surface area contributed by atoms with Crippen molar-refractivity contribution in [3.8, 4) is 5.88 Å². The van der Waals surface area contributed by atoms with Crippen LogP contribution in [0.5, 0.6) is 5.88 Å². The molecule has 0 aliphatic rings. The molecule has 2 heterocycles. The van der Waals surface area contributed by atoms with Crippen LogP contribution in [0.4, 0.5) is 5.82 Å². The van der Waals surface area contributed by atoms with Crippen LogP contribution in [0.25, 0.3) is 0 Å². The molecule has 0 aliphatic heterocycles. The van der Waals surface area contributed by atoms with Gasteiger partial charge in [0.1, 0.15) is 5.82 Å². The summed E-state index contributed by atoms with van der Waals surface area (Å²) in [5.74, 6) is 1.53. The molecule has 0 fully saturated rings. The van der Waals surface area contributed by atoms with Gasteiger partial charge < -0.3 is 10.1 Å². The monoisotopic (exact) mass is 229 g/mol. The molecule has 0 amide bonds. The van der Waals surface area contributed by atoms with Crippen LogP contribution in [0.2, 0.25) is 0 Å². The highest BCUT2D eigenvalue weighted by atomic mass is 16.5. The van der Waals surface area contributed by atoms with Crippen LogP contribution in [0.15, 0.2) is 36.7 Å². The van der Waals surface area contributed by atoms with Gasteiger partial charge in [-0.2, -0.15) is 0 Å². The summed E-state index contributed by atoms with van der Waals surface area (Å²) in [6.45, 7) is 2.73. The van der Waals surface area contributed by atoms with Gasteiger partial charge in [-0.15, -0.1) is 0 Å². The van der Waals surface area contributed by atoms with E-state index in [4.69, 9.17) is 4.74 Å². The number of hydrogen-bond acceptors (Lipinski definition) is 4. The largest absolute Gasteiger partial charge is 0.481 e. The van der Waals surface area contributed by atoms with Gasteiger partial charge in [-0.25, -0.2) is 9.97 Å². The van der Waals surface area contributed by atoms with Crippen molar-refractivity contribution in [3.05, 3.63) is 47.8 Å². The first-order chi connectivity index (χ1) is 8.29. The Balaban J connectivity index is 2.00. The van der Waals surface area contributed by atoms with Crippen LogP contribution in [0, 0.1) is 6.92 Å². The van der Waals surface area contributed by atoms with E-state index in [-0.39, 0.29) is 0 Å². The first kappa shape index (κ1) is 11.4. The standard InChI is InChI=1S/C13H15N3O/c1-10-4-3-7-14-13(10)16-9-11-5-6-12(17-2)15-8-11/h3-8H,9H2,1-2H3,(H,14,16). The smallest absolute Gasteiger partial charge is 0.212 e. The van der Waals surface area contributed by atoms with Crippen LogP contribution in [-0.2, 0) is 6.54 Å². The summed E-state index contributed by atoms with van der Waals surface area (Å²) in [4.78, 5) is 8.42. The van der Waals surface area contributed by atoms with Crippen molar-refractivity contribution < 1.29 is 4.74 Å². The molecule has 0 atom stereocenters. The Kier molecular flexibility index (Phi) is 3.55. The zero-order valence-electron chi connectivity index (χ0n) is 9.97. The highest BCUT2D eigenvalue weighted by molar-refractivity contribution is 5.43. The molecule has 1 N–H and O–H groups in total. The normalized spacial score (nSPS) is 10.0. The second-order valence-corrected chi connectivity index (χ2v) is 3.73. The Bertz CT molecular complexity index is 482. The lowest BCUT2D eigenvalue weighted by atomic mass is 10.2. The molecule has 4 nitrogen and oxygen atoms in total. The van der Waals surface area contributed by atoms with E-state index in [1.54, 1.807) is 19.5 Å². The average molecular weight is 229 g/mol. The number of methoxy groups -OCH3 is 1. The van der Waals surface area contributed by atoms with Gasteiger partial charge in [-0.1, -0.05) is 12.1 Å². The molecule has 88 valence electrons. The predicted molar refractivity (Wildman–Crippen MR) is 67.1 cm³/mol. The molecule has 0 radical (unpaired) electrons. The molecule has 17 heavy (non-hydrogen) atoms. The fourth-order valence-corrected chi connectivity index (χ4v) is 1.49. The van der Waals surface area contributed by atoms with Crippen LogP contribution in [0.3, 0.4) is 0 Å². The fraction of sp³-hybridized carbons (Fsp3) is 0.231. The van der Waals surface area contributed by atoms with E-state index in [1.165, 1.54) is 0 Å². The van der Waals surface area contributed by atoms with Crippen molar-refractivity contribution in [1.82, 2.24) is 9.97 Å². The Morgan fingerprint density at radius 1 is 1.24 bits per heavy atom. The van der Waals surface area contributed by atoms with Crippen molar-refractivity contribution in [3.63, 3.8) is 0 Å². The zero-order valence-corrected chi connectivity index (χ0v) is 9.97. The van der Waals surface area contributed by atoms with E-state index in [1.807, 2.05) is 31.2 Å². The van der Waals surface area contributed by atoms with Gasteiger partial charge in [0.2, 0.25) is 5.88 Å². The van der Waals surface area contributed by atoms with Gasteiger partial charge in [0, 0.05) is 25.0 Å². The highest BCUT2D eigenvalue weighted by Gasteiger charge is 1.99. The van der Waals surface area contributed by atoms with Gasteiger partial charge >= 0.3 is 0 Å². The molecule has 2 aromatic rings. The van der Waals surface area contributed by atoms with E-state index >= 15 is 0 Å². The van der Waals surface area contributed by atoms with Gasteiger partial charge in [-0.05, 0) is 24.1 Å². The Hall–Kier alpha value is -2.10. The molecule has 0 saturated heterocycles. The Morgan fingerprint density at radius 3 is 2.76 bits per heavy atom. The van der Waals surface area contributed by atoms with Crippen molar-refractivity contribution >= 4 is 5.82 Å². The van der Waals surface area contributed by atoms with Crippen molar-refractivity contribution in [2.75, 3.05) is 12.4 Å².